The highest BCUT2D eigenvalue weighted by Gasteiger charge is 1.98. The van der Waals surface area contributed by atoms with Crippen molar-refractivity contribution in [1.82, 2.24) is 0 Å². The number of methoxy groups -OCH3 is 1. The summed E-state index contributed by atoms with van der Waals surface area (Å²) in [6, 6.07) is 7.27. The van der Waals surface area contributed by atoms with Gasteiger partial charge in [0.05, 0.1) is 7.11 Å². The lowest BCUT2D eigenvalue weighted by molar-refractivity contribution is -0.111. The first-order valence-corrected chi connectivity index (χ1v) is 6.23. The van der Waals surface area contributed by atoms with Crippen LogP contribution in [0.25, 0.3) is 0 Å². The van der Waals surface area contributed by atoms with Gasteiger partial charge in [0.1, 0.15) is 5.75 Å². The van der Waals surface area contributed by atoms with Crippen LogP contribution < -0.4 is 10.1 Å². The van der Waals surface area contributed by atoms with Gasteiger partial charge in [0.25, 0.3) is 0 Å². The van der Waals surface area contributed by atoms with Crippen molar-refractivity contribution in [3.63, 3.8) is 0 Å². The van der Waals surface area contributed by atoms with E-state index in [1.54, 1.807) is 13.2 Å². The lowest BCUT2D eigenvalue weighted by Crippen LogP contribution is -2.07. The van der Waals surface area contributed by atoms with Gasteiger partial charge in [-0.25, -0.2) is 0 Å². The molecule has 0 radical (unpaired) electrons. The fraction of sp³-hybridized carbons (Fsp3) is 0.400. The van der Waals surface area contributed by atoms with E-state index in [9.17, 15) is 4.79 Å². The number of benzene rings is 1. The highest BCUT2D eigenvalue weighted by molar-refractivity contribution is 5.99. The molecule has 0 unspecified atom stereocenters. The van der Waals surface area contributed by atoms with E-state index in [1.165, 1.54) is 0 Å². The molecule has 0 saturated heterocycles. The van der Waals surface area contributed by atoms with Crippen molar-refractivity contribution in [2.45, 2.75) is 26.7 Å². The van der Waals surface area contributed by atoms with Crippen molar-refractivity contribution in [2.75, 3.05) is 12.4 Å². The number of carbonyl (C=O) groups excluding carboxylic acids is 1. The van der Waals surface area contributed by atoms with E-state index < -0.39 is 0 Å². The molecule has 0 fully saturated rings. The molecule has 0 aromatic heterocycles. The predicted octanol–water partition coefficient (Wildman–Crippen LogP) is 3.63. The van der Waals surface area contributed by atoms with Gasteiger partial charge < -0.3 is 10.1 Å². The third-order valence-electron chi connectivity index (χ3n) is 2.54. The molecule has 1 aromatic rings. The number of allylic oxidation sites excluding steroid dienone is 1. The Labute approximate surface area is 109 Å². The van der Waals surface area contributed by atoms with Crippen LogP contribution in [-0.2, 0) is 4.79 Å². The Morgan fingerprint density at radius 3 is 2.56 bits per heavy atom. The summed E-state index contributed by atoms with van der Waals surface area (Å²) >= 11 is 0. The van der Waals surface area contributed by atoms with Gasteiger partial charge in [-0.2, -0.15) is 0 Å². The lowest BCUT2D eigenvalue weighted by Gasteiger charge is -2.04. The molecule has 3 nitrogen and oxygen atoms in total. The maximum absolute atomic E-state index is 11.6. The molecule has 0 bridgehead atoms. The maximum atomic E-state index is 11.6. The van der Waals surface area contributed by atoms with E-state index in [-0.39, 0.29) is 5.91 Å². The third kappa shape index (κ3) is 5.53. The van der Waals surface area contributed by atoms with Crippen molar-refractivity contribution < 1.29 is 9.53 Å². The van der Waals surface area contributed by atoms with Crippen LogP contribution in [0.1, 0.15) is 26.7 Å². The summed E-state index contributed by atoms with van der Waals surface area (Å²) in [5.41, 5.74) is 0.773. The van der Waals surface area contributed by atoms with E-state index >= 15 is 0 Å². The SMILES string of the molecule is COc1ccc(NC(=O)/C=C/CCC(C)C)cc1. The molecule has 1 amide bonds. The Hall–Kier alpha value is -1.77. The van der Waals surface area contributed by atoms with Crippen LogP contribution >= 0.6 is 0 Å². The number of hydrogen-bond acceptors (Lipinski definition) is 2. The first kappa shape index (κ1) is 14.3. The second kappa shape index (κ2) is 7.54. The molecule has 0 atom stereocenters. The molecular formula is C15H21NO2. The van der Waals surface area contributed by atoms with Crippen molar-refractivity contribution in [3.8, 4) is 5.75 Å². The summed E-state index contributed by atoms with van der Waals surface area (Å²) in [5.74, 6) is 1.35. The molecule has 0 saturated carbocycles. The number of carbonyl (C=O) groups is 1. The van der Waals surface area contributed by atoms with Gasteiger partial charge in [-0.3, -0.25) is 4.79 Å². The van der Waals surface area contributed by atoms with E-state index in [0.717, 1.165) is 24.3 Å². The van der Waals surface area contributed by atoms with Crippen LogP contribution in [0, 0.1) is 5.92 Å². The zero-order valence-corrected chi connectivity index (χ0v) is 11.3. The van der Waals surface area contributed by atoms with Crippen LogP contribution in [0.4, 0.5) is 5.69 Å². The van der Waals surface area contributed by atoms with Crippen LogP contribution in [0.5, 0.6) is 5.75 Å². The predicted molar refractivity (Wildman–Crippen MR) is 74.8 cm³/mol. The summed E-state index contributed by atoms with van der Waals surface area (Å²) in [5, 5.41) is 2.80. The van der Waals surface area contributed by atoms with E-state index in [0.29, 0.717) is 5.92 Å². The first-order chi connectivity index (χ1) is 8.61. The zero-order valence-electron chi connectivity index (χ0n) is 11.3. The smallest absolute Gasteiger partial charge is 0.248 e. The molecule has 1 N–H and O–H groups in total. The fourth-order valence-electron chi connectivity index (χ4n) is 1.48. The number of ether oxygens (including phenoxy) is 1. The molecule has 0 aliphatic heterocycles. The largest absolute Gasteiger partial charge is 0.497 e. The van der Waals surface area contributed by atoms with Crippen molar-refractivity contribution in [2.24, 2.45) is 5.92 Å². The Morgan fingerprint density at radius 1 is 1.33 bits per heavy atom. The molecule has 0 aliphatic carbocycles. The Balaban J connectivity index is 2.39. The molecular weight excluding hydrogens is 226 g/mol. The zero-order chi connectivity index (χ0) is 13.4. The minimum atomic E-state index is -0.0936. The van der Waals surface area contributed by atoms with Crippen LogP contribution in [0.3, 0.4) is 0 Å². The maximum Gasteiger partial charge on any atom is 0.248 e. The normalized spacial score (nSPS) is 10.9. The van der Waals surface area contributed by atoms with Gasteiger partial charge in [-0.05, 0) is 49.1 Å². The highest BCUT2D eigenvalue weighted by atomic mass is 16.5. The monoisotopic (exact) mass is 247 g/mol. The van der Waals surface area contributed by atoms with E-state index in [1.807, 2.05) is 30.3 Å². The molecule has 0 heterocycles. The summed E-state index contributed by atoms with van der Waals surface area (Å²) in [6.45, 7) is 4.34. The van der Waals surface area contributed by atoms with E-state index in [4.69, 9.17) is 4.74 Å². The quantitative estimate of drug-likeness (QED) is 0.780. The molecule has 0 spiro atoms. The topological polar surface area (TPSA) is 38.3 Å². The number of hydrogen-bond donors (Lipinski definition) is 1. The van der Waals surface area contributed by atoms with E-state index in [2.05, 4.69) is 19.2 Å². The molecule has 1 aromatic carbocycles. The van der Waals surface area contributed by atoms with Gasteiger partial charge in [0.15, 0.2) is 0 Å². The average Bonchev–Trinajstić information content (AvgIpc) is 2.35. The molecule has 98 valence electrons. The van der Waals surface area contributed by atoms with Crippen molar-refractivity contribution >= 4 is 11.6 Å². The Morgan fingerprint density at radius 2 is 2.00 bits per heavy atom. The van der Waals surface area contributed by atoms with Gasteiger partial charge in [-0.15, -0.1) is 0 Å². The van der Waals surface area contributed by atoms with Crippen molar-refractivity contribution in [3.05, 3.63) is 36.4 Å². The minimum Gasteiger partial charge on any atom is -0.497 e. The molecule has 18 heavy (non-hydrogen) atoms. The summed E-state index contributed by atoms with van der Waals surface area (Å²) in [6.07, 6.45) is 5.55. The van der Waals surface area contributed by atoms with Crippen molar-refractivity contribution in [1.29, 1.82) is 0 Å². The fourth-order valence-corrected chi connectivity index (χ4v) is 1.48. The Kier molecular flexibility index (Phi) is 5.98. The van der Waals surface area contributed by atoms with Crippen LogP contribution in [-0.4, -0.2) is 13.0 Å². The van der Waals surface area contributed by atoms with Crippen LogP contribution in [0.15, 0.2) is 36.4 Å². The van der Waals surface area contributed by atoms with Gasteiger partial charge in [0.2, 0.25) is 5.91 Å². The molecule has 0 aliphatic rings. The van der Waals surface area contributed by atoms with Gasteiger partial charge >= 0.3 is 0 Å². The lowest BCUT2D eigenvalue weighted by atomic mass is 10.1. The van der Waals surface area contributed by atoms with Gasteiger partial charge in [0, 0.05) is 5.69 Å². The highest BCUT2D eigenvalue weighted by Crippen LogP contribution is 2.14. The molecule has 3 heteroatoms. The summed E-state index contributed by atoms with van der Waals surface area (Å²) in [7, 11) is 1.62. The second-order valence-corrected chi connectivity index (χ2v) is 4.59. The first-order valence-electron chi connectivity index (χ1n) is 6.23. The minimum absolute atomic E-state index is 0.0936. The third-order valence-corrected chi connectivity index (χ3v) is 2.54. The second-order valence-electron chi connectivity index (χ2n) is 4.59. The molecule has 1 rings (SSSR count). The summed E-state index contributed by atoms with van der Waals surface area (Å²) in [4.78, 5) is 11.6. The Bertz CT molecular complexity index is 393. The standard InChI is InChI=1S/C15H21NO2/c1-12(2)6-4-5-7-15(17)16-13-8-10-14(18-3)11-9-13/h5,7-12H,4,6H2,1-3H3,(H,16,17)/b7-5+. The summed E-state index contributed by atoms with van der Waals surface area (Å²) < 4.78 is 5.05. The number of rotatable bonds is 6. The number of nitrogens with one attached hydrogen (secondary N) is 1. The average molecular weight is 247 g/mol. The number of anilines is 1. The van der Waals surface area contributed by atoms with Gasteiger partial charge in [-0.1, -0.05) is 19.9 Å². The number of amides is 1. The van der Waals surface area contributed by atoms with Crippen LogP contribution in [0.2, 0.25) is 0 Å².